The first-order chi connectivity index (χ1) is 13.5. The third kappa shape index (κ3) is 3.82. The average Bonchev–Trinajstić information content (AvgIpc) is 3.01. The molecule has 1 aromatic carbocycles. The van der Waals surface area contributed by atoms with Gasteiger partial charge in [-0.05, 0) is 55.7 Å². The smallest absolute Gasteiger partial charge is 0.255 e. The Hall–Kier alpha value is -2.25. The maximum atomic E-state index is 13.1. The van der Waals surface area contributed by atoms with Crippen LogP contribution in [-0.2, 0) is 22.7 Å². The van der Waals surface area contributed by atoms with Crippen LogP contribution in [0.15, 0.2) is 18.2 Å². The van der Waals surface area contributed by atoms with E-state index in [4.69, 9.17) is 5.73 Å². The topological polar surface area (TPSA) is 105 Å². The number of piperidine rings is 1. The van der Waals surface area contributed by atoms with Crippen molar-refractivity contribution in [2.45, 2.75) is 63.7 Å². The number of carbonyl (C=O) groups is 3. The lowest BCUT2D eigenvalue weighted by molar-refractivity contribution is -0.136. The van der Waals surface area contributed by atoms with Crippen LogP contribution in [0, 0.1) is 5.92 Å². The van der Waals surface area contributed by atoms with E-state index in [0.29, 0.717) is 37.0 Å². The van der Waals surface area contributed by atoms with Crippen molar-refractivity contribution in [1.82, 2.24) is 15.5 Å². The van der Waals surface area contributed by atoms with Gasteiger partial charge in [-0.3, -0.25) is 19.7 Å². The van der Waals surface area contributed by atoms with Gasteiger partial charge in [0.1, 0.15) is 6.04 Å². The molecule has 1 unspecified atom stereocenters. The normalized spacial score (nSPS) is 27.7. The Kier molecular flexibility index (Phi) is 5.46. The molecule has 1 atom stereocenters. The fourth-order valence-corrected chi connectivity index (χ4v) is 4.64. The Morgan fingerprint density at radius 1 is 1.11 bits per heavy atom. The molecule has 2 aliphatic heterocycles. The number of carbonyl (C=O) groups excluding carboxylic acids is 3. The lowest BCUT2D eigenvalue weighted by Crippen LogP contribution is -2.52. The highest BCUT2D eigenvalue weighted by atomic mass is 16.2. The molecule has 2 heterocycles. The predicted octanol–water partition coefficient (Wildman–Crippen LogP) is 1.05. The Balaban J connectivity index is 1.40. The summed E-state index contributed by atoms with van der Waals surface area (Å²) in [6, 6.07) is 5.69. The van der Waals surface area contributed by atoms with Crippen LogP contribution in [0.1, 0.15) is 60.0 Å². The van der Waals surface area contributed by atoms with E-state index < -0.39 is 6.04 Å². The van der Waals surface area contributed by atoms with Gasteiger partial charge in [-0.15, -0.1) is 0 Å². The number of nitrogens with two attached hydrogens (primary N) is 1. The fourth-order valence-electron chi connectivity index (χ4n) is 4.64. The van der Waals surface area contributed by atoms with Crippen molar-refractivity contribution in [3.63, 3.8) is 0 Å². The standard InChI is InChI=1S/C21H28N4O3/c22-16-6-4-13(5-7-16)10-23-11-14-2-1-3-15-12-25(21(28)19(14)15)17-8-9-18(26)24-20(17)27/h1-3,13,16-17,23H,4-12,22H2,(H,24,26,27). The number of fused-ring (bicyclic) bond motifs is 1. The molecule has 1 aromatic rings. The second-order valence-corrected chi connectivity index (χ2v) is 8.26. The molecule has 4 rings (SSSR count). The summed E-state index contributed by atoms with van der Waals surface area (Å²) in [7, 11) is 0. The van der Waals surface area contributed by atoms with Gasteiger partial charge in [-0.2, -0.15) is 0 Å². The van der Waals surface area contributed by atoms with Gasteiger partial charge in [-0.25, -0.2) is 0 Å². The van der Waals surface area contributed by atoms with Gasteiger partial charge in [0.15, 0.2) is 0 Å². The van der Waals surface area contributed by atoms with Crippen molar-refractivity contribution in [3.05, 3.63) is 34.9 Å². The second kappa shape index (κ2) is 8.01. The minimum atomic E-state index is -0.565. The molecule has 150 valence electrons. The van der Waals surface area contributed by atoms with Gasteiger partial charge in [0, 0.05) is 31.1 Å². The number of nitrogens with zero attached hydrogens (tertiary/aromatic N) is 1. The van der Waals surface area contributed by atoms with Gasteiger partial charge < -0.3 is 16.0 Å². The first kappa shape index (κ1) is 19.1. The van der Waals surface area contributed by atoms with Crippen molar-refractivity contribution in [3.8, 4) is 0 Å². The summed E-state index contributed by atoms with van der Waals surface area (Å²) in [6.45, 7) is 2.00. The molecular formula is C21H28N4O3. The molecule has 7 nitrogen and oxygen atoms in total. The van der Waals surface area contributed by atoms with E-state index in [1.807, 2.05) is 18.2 Å². The van der Waals surface area contributed by atoms with E-state index in [1.165, 1.54) is 0 Å². The molecule has 0 bridgehead atoms. The van der Waals surface area contributed by atoms with Crippen LogP contribution < -0.4 is 16.4 Å². The highest BCUT2D eigenvalue weighted by molar-refractivity contribution is 6.05. The maximum absolute atomic E-state index is 13.1. The lowest BCUT2D eigenvalue weighted by Gasteiger charge is -2.29. The fraction of sp³-hybridized carbons (Fsp3) is 0.571. The van der Waals surface area contributed by atoms with Gasteiger partial charge in [0.25, 0.3) is 5.91 Å². The third-order valence-electron chi connectivity index (χ3n) is 6.28. The van der Waals surface area contributed by atoms with Crippen molar-refractivity contribution >= 4 is 17.7 Å². The Labute approximate surface area is 165 Å². The average molecular weight is 384 g/mol. The van der Waals surface area contributed by atoms with Crippen molar-refractivity contribution in [1.29, 1.82) is 0 Å². The number of hydrogen-bond donors (Lipinski definition) is 3. The molecular weight excluding hydrogens is 356 g/mol. The number of rotatable bonds is 5. The van der Waals surface area contributed by atoms with Gasteiger partial charge >= 0.3 is 0 Å². The van der Waals surface area contributed by atoms with Crippen molar-refractivity contribution < 1.29 is 14.4 Å². The summed E-state index contributed by atoms with van der Waals surface area (Å²) < 4.78 is 0. The number of amides is 3. The molecule has 1 saturated carbocycles. The molecule has 0 radical (unpaired) electrons. The summed E-state index contributed by atoms with van der Waals surface area (Å²) in [5.41, 5.74) is 8.62. The maximum Gasteiger partial charge on any atom is 0.255 e. The minimum absolute atomic E-state index is 0.106. The number of hydrogen-bond acceptors (Lipinski definition) is 5. The highest BCUT2D eigenvalue weighted by Crippen LogP contribution is 2.30. The zero-order chi connectivity index (χ0) is 19.7. The first-order valence-corrected chi connectivity index (χ1v) is 10.2. The largest absolute Gasteiger partial charge is 0.328 e. The van der Waals surface area contributed by atoms with Crippen LogP contribution in [0.3, 0.4) is 0 Å². The molecule has 2 fully saturated rings. The van der Waals surface area contributed by atoms with Crippen LogP contribution in [-0.4, -0.2) is 41.2 Å². The summed E-state index contributed by atoms with van der Waals surface area (Å²) in [4.78, 5) is 38.3. The SMILES string of the molecule is NC1CCC(CNCc2cccc3c2C(=O)N(C2CCC(=O)NC2=O)C3)CC1. The van der Waals surface area contributed by atoms with Crippen molar-refractivity contribution in [2.75, 3.05) is 6.54 Å². The van der Waals surface area contributed by atoms with E-state index >= 15 is 0 Å². The summed E-state index contributed by atoms with van der Waals surface area (Å²) in [5, 5.41) is 5.86. The Morgan fingerprint density at radius 3 is 2.64 bits per heavy atom. The van der Waals surface area contributed by atoms with Gasteiger partial charge in [0.05, 0.1) is 0 Å². The molecule has 4 N–H and O–H groups in total. The monoisotopic (exact) mass is 384 g/mol. The van der Waals surface area contributed by atoms with Gasteiger partial charge in [0.2, 0.25) is 11.8 Å². The summed E-state index contributed by atoms with van der Waals surface area (Å²) in [5.74, 6) is -0.0932. The van der Waals surface area contributed by atoms with E-state index in [2.05, 4.69) is 10.6 Å². The second-order valence-electron chi connectivity index (χ2n) is 8.26. The van der Waals surface area contributed by atoms with Crippen LogP contribution in [0.5, 0.6) is 0 Å². The molecule has 28 heavy (non-hydrogen) atoms. The van der Waals surface area contributed by atoms with E-state index in [9.17, 15) is 14.4 Å². The quantitative estimate of drug-likeness (QED) is 0.659. The Morgan fingerprint density at radius 2 is 1.89 bits per heavy atom. The minimum Gasteiger partial charge on any atom is -0.328 e. The molecule has 3 amide bonds. The molecule has 0 spiro atoms. The van der Waals surface area contributed by atoms with Crippen LogP contribution in [0.4, 0.5) is 0 Å². The summed E-state index contributed by atoms with van der Waals surface area (Å²) >= 11 is 0. The first-order valence-electron chi connectivity index (χ1n) is 10.2. The van der Waals surface area contributed by atoms with E-state index in [0.717, 1.165) is 43.4 Å². The predicted molar refractivity (Wildman–Crippen MR) is 104 cm³/mol. The third-order valence-corrected chi connectivity index (χ3v) is 6.28. The number of nitrogens with one attached hydrogen (secondary N) is 2. The molecule has 1 aliphatic carbocycles. The van der Waals surface area contributed by atoms with Crippen molar-refractivity contribution in [2.24, 2.45) is 11.7 Å². The molecule has 0 aromatic heterocycles. The Bertz CT molecular complexity index is 786. The zero-order valence-electron chi connectivity index (χ0n) is 16.1. The molecule has 1 saturated heterocycles. The van der Waals surface area contributed by atoms with Gasteiger partial charge in [-0.1, -0.05) is 18.2 Å². The van der Waals surface area contributed by atoms with E-state index in [1.54, 1.807) is 4.90 Å². The van der Waals surface area contributed by atoms with Crippen LogP contribution >= 0.6 is 0 Å². The van der Waals surface area contributed by atoms with Crippen LogP contribution in [0.2, 0.25) is 0 Å². The zero-order valence-corrected chi connectivity index (χ0v) is 16.1. The molecule has 3 aliphatic rings. The van der Waals surface area contributed by atoms with Crippen LogP contribution in [0.25, 0.3) is 0 Å². The summed E-state index contributed by atoms with van der Waals surface area (Å²) in [6.07, 6.45) is 5.16. The van der Waals surface area contributed by atoms with E-state index in [-0.39, 0.29) is 24.1 Å². The lowest BCUT2D eigenvalue weighted by atomic mass is 9.86. The highest BCUT2D eigenvalue weighted by Gasteiger charge is 2.39. The number of imide groups is 1. The molecule has 7 heteroatoms. The number of benzene rings is 1.